The van der Waals surface area contributed by atoms with Gasteiger partial charge in [0.15, 0.2) is 6.61 Å². The van der Waals surface area contributed by atoms with Gasteiger partial charge in [0.05, 0.1) is 5.02 Å². The van der Waals surface area contributed by atoms with E-state index >= 15 is 0 Å². The zero-order valence-corrected chi connectivity index (χ0v) is 13.6. The van der Waals surface area contributed by atoms with Gasteiger partial charge in [-0.2, -0.15) is 0 Å². The average Bonchev–Trinajstić information content (AvgIpc) is 2.33. The maximum absolute atomic E-state index is 11.5. The highest BCUT2D eigenvalue weighted by molar-refractivity contribution is 9.10. The Morgan fingerprint density at radius 1 is 1.30 bits per heavy atom. The van der Waals surface area contributed by atoms with E-state index in [0.717, 1.165) is 10.0 Å². The first-order valence-electron chi connectivity index (χ1n) is 5.99. The Morgan fingerprint density at radius 2 is 1.95 bits per heavy atom. The molecule has 7 heteroatoms. The highest BCUT2D eigenvalue weighted by Crippen LogP contribution is 2.31. The molecule has 110 valence electrons. The number of rotatable bonds is 6. The van der Waals surface area contributed by atoms with Crippen LogP contribution in [0.1, 0.15) is 12.5 Å². The van der Waals surface area contributed by atoms with Crippen LogP contribution >= 0.6 is 27.5 Å². The number of carbonyl (C=O) groups is 2. The van der Waals surface area contributed by atoms with E-state index in [9.17, 15) is 9.59 Å². The molecule has 0 unspecified atom stereocenters. The third-order valence-electron chi connectivity index (χ3n) is 2.36. The molecule has 0 spiro atoms. The standard InChI is InChI=1S/C13H16BrClN2O3/c1-8-5-10(14)6-11(15)13(8)20-7-12(19)17-4-3-16-9(2)18/h5-6H,3-4,7H2,1-2H3,(H,16,18)(H,17,19). The van der Waals surface area contributed by atoms with Gasteiger partial charge in [-0.05, 0) is 24.6 Å². The van der Waals surface area contributed by atoms with Crippen LogP contribution < -0.4 is 15.4 Å². The smallest absolute Gasteiger partial charge is 0.258 e. The number of hydrogen-bond acceptors (Lipinski definition) is 3. The Morgan fingerprint density at radius 3 is 2.55 bits per heavy atom. The summed E-state index contributed by atoms with van der Waals surface area (Å²) in [5, 5.41) is 5.65. The van der Waals surface area contributed by atoms with Crippen molar-refractivity contribution >= 4 is 39.3 Å². The number of aryl methyl sites for hydroxylation is 1. The van der Waals surface area contributed by atoms with Crippen LogP contribution in [0.3, 0.4) is 0 Å². The zero-order chi connectivity index (χ0) is 15.1. The van der Waals surface area contributed by atoms with E-state index in [1.165, 1.54) is 6.92 Å². The highest BCUT2D eigenvalue weighted by atomic mass is 79.9. The molecule has 2 N–H and O–H groups in total. The van der Waals surface area contributed by atoms with Crippen LogP contribution in [0.4, 0.5) is 0 Å². The number of carbonyl (C=O) groups excluding carboxylic acids is 2. The van der Waals surface area contributed by atoms with Crippen molar-refractivity contribution in [1.29, 1.82) is 0 Å². The van der Waals surface area contributed by atoms with E-state index in [4.69, 9.17) is 16.3 Å². The minimum absolute atomic E-state index is 0.123. The summed E-state index contributed by atoms with van der Waals surface area (Å²) in [6.07, 6.45) is 0. The second-order valence-electron chi connectivity index (χ2n) is 4.16. The monoisotopic (exact) mass is 362 g/mol. The van der Waals surface area contributed by atoms with Gasteiger partial charge in [-0.1, -0.05) is 27.5 Å². The molecular weight excluding hydrogens is 348 g/mol. The van der Waals surface area contributed by atoms with Crippen LogP contribution in [0, 0.1) is 6.92 Å². The summed E-state index contributed by atoms with van der Waals surface area (Å²) in [4.78, 5) is 22.2. The van der Waals surface area contributed by atoms with Crippen molar-refractivity contribution in [2.75, 3.05) is 19.7 Å². The van der Waals surface area contributed by atoms with Crippen molar-refractivity contribution in [3.8, 4) is 5.75 Å². The fourth-order valence-corrected chi connectivity index (χ4v) is 2.53. The van der Waals surface area contributed by atoms with Crippen molar-refractivity contribution in [2.24, 2.45) is 0 Å². The summed E-state index contributed by atoms with van der Waals surface area (Å²) in [5.41, 5.74) is 0.843. The van der Waals surface area contributed by atoms with E-state index in [0.29, 0.717) is 23.9 Å². The highest BCUT2D eigenvalue weighted by Gasteiger charge is 2.09. The summed E-state index contributed by atoms with van der Waals surface area (Å²) in [6.45, 7) is 3.89. The fourth-order valence-electron chi connectivity index (χ4n) is 1.50. The molecule has 0 bridgehead atoms. The van der Waals surface area contributed by atoms with Crippen molar-refractivity contribution < 1.29 is 14.3 Å². The van der Waals surface area contributed by atoms with Crippen molar-refractivity contribution in [3.05, 3.63) is 27.2 Å². The summed E-state index contributed by atoms with van der Waals surface area (Å²) in [7, 11) is 0. The Balaban J connectivity index is 2.40. The molecule has 0 aromatic heterocycles. The van der Waals surface area contributed by atoms with Gasteiger partial charge in [-0.15, -0.1) is 0 Å². The van der Waals surface area contributed by atoms with Gasteiger partial charge in [0.2, 0.25) is 5.91 Å². The Hall–Kier alpha value is -1.27. The molecule has 0 aliphatic heterocycles. The van der Waals surface area contributed by atoms with Crippen LogP contribution in [0.2, 0.25) is 5.02 Å². The molecule has 2 amide bonds. The second kappa shape index (κ2) is 8.11. The minimum atomic E-state index is -0.270. The van der Waals surface area contributed by atoms with Crippen molar-refractivity contribution in [3.63, 3.8) is 0 Å². The fraction of sp³-hybridized carbons (Fsp3) is 0.385. The third kappa shape index (κ3) is 5.79. The van der Waals surface area contributed by atoms with Crippen LogP contribution in [0.5, 0.6) is 5.75 Å². The van der Waals surface area contributed by atoms with E-state index in [-0.39, 0.29) is 18.4 Å². The van der Waals surface area contributed by atoms with Gasteiger partial charge in [0.1, 0.15) is 5.75 Å². The number of benzene rings is 1. The minimum Gasteiger partial charge on any atom is -0.482 e. The summed E-state index contributed by atoms with van der Waals surface area (Å²) >= 11 is 9.37. The van der Waals surface area contributed by atoms with Crippen LogP contribution in [0.25, 0.3) is 0 Å². The lowest BCUT2D eigenvalue weighted by molar-refractivity contribution is -0.123. The van der Waals surface area contributed by atoms with Gasteiger partial charge < -0.3 is 15.4 Å². The molecule has 0 saturated heterocycles. The summed E-state index contributed by atoms with van der Waals surface area (Å²) < 4.78 is 6.26. The molecule has 20 heavy (non-hydrogen) atoms. The molecule has 1 rings (SSSR count). The SMILES string of the molecule is CC(=O)NCCNC(=O)COc1c(C)cc(Br)cc1Cl. The van der Waals surface area contributed by atoms with Crippen molar-refractivity contribution in [2.45, 2.75) is 13.8 Å². The first-order valence-corrected chi connectivity index (χ1v) is 7.17. The predicted molar refractivity (Wildman–Crippen MR) is 81.1 cm³/mol. The molecule has 0 atom stereocenters. The van der Waals surface area contributed by atoms with E-state index in [1.54, 1.807) is 6.07 Å². The molecule has 0 fully saturated rings. The summed E-state index contributed by atoms with van der Waals surface area (Å²) in [5.74, 6) is 0.0911. The molecule has 0 saturated carbocycles. The Bertz CT molecular complexity index is 485. The molecule has 0 radical (unpaired) electrons. The number of hydrogen-bond donors (Lipinski definition) is 2. The lowest BCUT2D eigenvalue weighted by Gasteiger charge is -2.11. The molecule has 0 heterocycles. The molecule has 1 aromatic carbocycles. The Labute approximate surface area is 131 Å². The normalized spacial score (nSPS) is 10.0. The largest absolute Gasteiger partial charge is 0.482 e. The van der Waals surface area contributed by atoms with Crippen LogP contribution in [-0.4, -0.2) is 31.5 Å². The number of ether oxygens (including phenoxy) is 1. The maximum atomic E-state index is 11.5. The van der Waals surface area contributed by atoms with E-state index < -0.39 is 0 Å². The van der Waals surface area contributed by atoms with Gasteiger partial charge in [-0.25, -0.2) is 0 Å². The average molecular weight is 364 g/mol. The van der Waals surface area contributed by atoms with E-state index in [2.05, 4.69) is 26.6 Å². The molecule has 1 aromatic rings. The van der Waals surface area contributed by atoms with Gasteiger partial charge in [-0.3, -0.25) is 9.59 Å². The lowest BCUT2D eigenvalue weighted by atomic mass is 10.2. The Kier molecular flexibility index (Phi) is 6.81. The molecule has 0 aliphatic rings. The van der Waals surface area contributed by atoms with Crippen molar-refractivity contribution in [1.82, 2.24) is 10.6 Å². The van der Waals surface area contributed by atoms with Crippen LogP contribution in [0.15, 0.2) is 16.6 Å². The molecular formula is C13H16BrClN2O3. The topological polar surface area (TPSA) is 67.4 Å². The quantitative estimate of drug-likeness (QED) is 0.760. The maximum Gasteiger partial charge on any atom is 0.258 e. The van der Waals surface area contributed by atoms with Crippen LogP contribution in [-0.2, 0) is 9.59 Å². The van der Waals surface area contributed by atoms with E-state index in [1.807, 2.05) is 13.0 Å². The number of halogens is 2. The molecule has 5 nitrogen and oxygen atoms in total. The predicted octanol–water partition coefficient (Wildman–Crippen LogP) is 2.04. The third-order valence-corrected chi connectivity index (χ3v) is 3.10. The number of amides is 2. The number of nitrogens with one attached hydrogen (secondary N) is 2. The summed E-state index contributed by atoms with van der Waals surface area (Å²) in [6, 6.07) is 3.56. The van der Waals surface area contributed by atoms with Gasteiger partial charge in [0, 0.05) is 24.5 Å². The zero-order valence-electron chi connectivity index (χ0n) is 11.3. The first kappa shape index (κ1) is 16.8. The molecule has 0 aliphatic carbocycles. The van der Waals surface area contributed by atoms with Gasteiger partial charge in [0.25, 0.3) is 5.91 Å². The first-order chi connectivity index (χ1) is 9.40. The second-order valence-corrected chi connectivity index (χ2v) is 5.48. The van der Waals surface area contributed by atoms with Gasteiger partial charge >= 0.3 is 0 Å². The lowest BCUT2D eigenvalue weighted by Crippen LogP contribution is -2.36.